The minimum Gasteiger partial charge on any atom is -0.496 e. The number of methoxy groups -OCH3 is 1. The zero-order chi connectivity index (χ0) is 25.2. The quantitative estimate of drug-likeness (QED) is 0.289. The summed E-state index contributed by atoms with van der Waals surface area (Å²) in [4.78, 5) is 30.0. The van der Waals surface area contributed by atoms with Crippen LogP contribution in [0.2, 0.25) is 0 Å². The maximum atomic E-state index is 12.5. The first kappa shape index (κ1) is 23.9. The zero-order valence-corrected chi connectivity index (χ0v) is 19.5. The molecular weight excluding hydrogens is 476 g/mol. The van der Waals surface area contributed by atoms with Gasteiger partial charge in [0.2, 0.25) is 0 Å². The number of fused-ring (bicyclic) bond motifs is 1. The highest BCUT2D eigenvalue weighted by Crippen LogP contribution is 2.28. The van der Waals surface area contributed by atoms with Crippen molar-refractivity contribution in [1.82, 2.24) is 14.7 Å². The normalized spacial score (nSPS) is 11.4. The number of carbonyl (C=O) groups is 1. The number of para-hydroxylation sites is 1. The van der Waals surface area contributed by atoms with Gasteiger partial charge in [0.15, 0.2) is 0 Å². The molecule has 0 aliphatic heterocycles. The molecule has 4 aromatic rings. The first-order valence-electron chi connectivity index (χ1n) is 10.3. The van der Waals surface area contributed by atoms with Crippen LogP contribution in [-0.2, 0) is 21.4 Å². The molecule has 0 spiro atoms. The van der Waals surface area contributed by atoms with Gasteiger partial charge in [0.1, 0.15) is 11.1 Å². The first-order chi connectivity index (χ1) is 16.7. The number of nitrogens with zero attached hydrogens (tertiary/aromatic N) is 3. The predicted octanol–water partition coefficient (Wildman–Crippen LogP) is 3.36. The number of rotatable bonds is 8. The van der Waals surface area contributed by atoms with E-state index >= 15 is 0 Å². The average Bonchev–Trinajstić information content (AvgIpc) is 3.22. The molecule has 4 rings (SSSR count). The van der Waals surface area contributed by atoms with Gasteiger partial charge in [0.25, 0.3) is 10.0 Å². The van der Waals surface area contributed by atoms with Crippen molar-refractivity contribution in [3.05, 3.63) is 93.5 Å². The van der Waals surface area contributed by atoms with E-state index in [9.17, 15) is 23.3 Å². The summed E-state index contributed by atoms with van der Waals surface area (Å²) in [7, 11) is -2.67. The Balaban J connectivity index is 1.55. The molecule has 12 heteroatoms. The molecule has 0 amide bonds. The van der Waals surface area contributed by atoms with Crippen molar-refractivity contribution < 1.29 is 27.7 Å². The second kappa shape index (κ2) is 9.52. The molecule has 1 heterocycles. The van der Waals surface area contributed by atoms with Crippen molar-refractivity contribution in [2.45, 2.75) is 18.4 Å². The molecular formula is C23H20N4O7S. The number of sulfonamides is 1. The Labute approximate surface area is 200 Å². The molecule has 35 heavy (non-hydrogen) atoms. The van der Waals surface area contributed by atoms with Crippen LogP contribution in [0.25, 0.3) is 10.9 Å². The number of nitrogens with one attached hydrogen (secondary N) is 1. The molecule has 0 saturated carbocycles. The molecule has 0 fully saturated rings. The molecule has 0 aliphatic carbocycles. The van der Waals surface area contributed by atoms with Gasteiger partial charge in [-0.3, -0.25) is 0 Å². The number of carbonyl (C=O) groups excluding carboxylic acids is 1. The van der Waals surface area contributed by atoms with Crippen LogP contribution < -0.4 is 9.62 Å². The van der Waals surface area contributed by atoms with Crippen molar-refractivity contribution in [3.8, 4) is 5.75 Å². The maximum Gasteiger partial charge on any atom is 0.397 e. The zero-order valence-electron chi connectivity index (χ0n) is 18.7. The number of nitro groups is 1. The van der Waals surface area contributed by atoms with Crippen LogP contribution in [-0.4, -0.2) is 36.2 Å². The number of aromatic nitrogens is 2. The fourth-order valence-electron chi connectivity index (χ4n) is 3.58. The topological polar surface area (TPSA) is 143 Å². The van der Waals surface area contributed by atoms with Crippen LogP contribution in [0, 0.1) is 17.0 Å². The van der Waals surface area contributed by atoms with E-state index in [4.69, 9.17) is 9.57 Å². The van der Waals surface area contributed by atoms with Crippen molar-refractivity contribution in [2.75, 3.05) is 7.11 Å². The minimum atomic E-state index is -4.08. The fourth-order valence-corrected chi connectivity index (χ4v) is 4.61. The number of aryl methyl sites for hydroxylation is 1. The lowest BCUT2D eigenvalue weighted by Gasteiger charge is -2.11. The Morgan fingerprint density at radius 1 is 1.11 bits per heavy atom. The van der Waals surface area contributed by atoms with E-state index < -0.39 is 20.9 Å². The van der Waals surface area contributed by atoms with E-state index in [2.05, 4.69) is 5.10 Å². The fraction of sp³-hybridized carbons (Fsp3) is 0.130. The van der Waals surface area contributed by atoms with E-state index in [1.807, 2.05) is 4.89 Å². The monoisotopic (exact) mass is 496 g/mol. The Bertz CT molecular complexity index is 1550. The Kier molecular flexibility index (Phi) is 6.49. The lowest BCUT2D eigenvalue weighted by Crippen LogP contribution is -2.28. The SMILES string of the molecule is COc1cc(C(=O)ONS(=O)(=O)c2ccccc2C)ccc1Cn1nc([N+](=O)[O-])c2ccccc21. The molecule has 0 bridgehead atoms. The van der Waals surface area contributed by atoms with Crippen molar-refractivity contribution in [3.63, 3.8) is 0 Å². The van der Waals surface area contributed by atoms with E-state index in [-0.39, 0.29) is 22.8 Å². The molecule has 0 saturated heterocycles. The molecule has 1 aromatic heterocycles. The standard InChI is InChI=1S/C23H20N4O7S/c1-15-7-3-6-10-21(15)35(31,32)25-34-23(28)16-11-12-17(20(13-16)33-2)14-26-19-9-5-4-8-18(19)22(24-26)27(29)30/h3-13,25H,14H2,1-2H3. The Morgan fingerprint density at radius 2 is 1.83 bits per heavy atom. The van der Waals surface area contributed by atoms with Crippen molar-refractivity contribution in [1.29, 1.82) is 0 Å². The number of hydrogen-bond donors (Lipinski definition) is 1. The van der Waals surface area contributed by atoms with Crippen molar-refractivity contribution >= 4 is 32.7 Å². The van der Waals surface area contributed by atoms with Crippen LogP contribution >= 0.6 is 0 Å². The predicted molar refractivity (Wildman–Crippen MR) is 125 cm³/mol. The van der Waals surface area contributed by atoms with Gasteiger partial charge >= 0.3 is 11.8 Å². The van der Waals surface area contributed by atoms with E-state index in [1.165, 1.54) is 30.0 Å². The molecule has 0 radical (unpaired) electrons. The summed E-state index contributed by atoms with van der Waals surface area (Å²) in [6, 6.07) is 17.4. The van der Waals surface area contributed by atoms with Gasteiger partial charge in [-0.15, -0.1) is 0 Å². The number of hydrogen-bond acceptors (Lipinski definition) is 8. The first-order valence-corrected chi connectivity index (χ1v) is 11.7. The van der Waals surface area contributed by atoms with Crippen molar-refractivity contribution in [2.24, 2.45) is 0 Å². The Hall–Kier alpha value is -4.29. The smallest absolute Gasteiger partial charge is 0.397 e. The van der Waals surface area contributed by atoms with Gasteiger partial charge in [-0.1, -0.05) is 36.4 Å². The van der Waals surface area contributed by atoms with Crippen LogP contribution in [0.5, 0.6) is 5.75 Å². The largest absolute Gasteiger partial charge is 0.496 e. The third-order valence-corrected chi connectivity index (χ3v) is 6.62. The third-order valence-electron chi connectivity index (χ3n) is 5.28. The van der Waals surface area contributed by atoms with Crippen LogP contribution in [0.15, 0.2) is 71.6 Å². The second-order valence-corrected chi connectivity index (χ2v) is 9.14. The molecule has 0 atom stereocenters. The Morgan fingerprint density at radius 3 is 2.54 bits per heavy atom. The molecule has 1 N–H and O–H groups in total. The minimum absolute atomic E-state index is 0.0127. The molecule has 11 nitrogen and oxygen atoms in total. The number of benzene rings is 3. The van der Waals surface area contributed by atoms with E-state index in [1.54, 1.807) is 55.5 Å². The summed E-state index contributed by atoms with van der Waals surface area (Å²) in [5.74, 6) is -0.906. The summed E-state index contributed by atoms with van der Waals surface area (Å²) in [5, 5.41) is 15.9. The average molecular weight is 497 g/mol. The van der Waals surface area contributed by atoms with E-state index in [0.717, 1.165) is 0 Å². The highest BCUT2D eigenvalue weighted by Gasteiger charge is 2.23. The molecule has 0 aliphatic rings. The van der Waals surface area contributed by atoms with Gasteiger partial charge in [0.05, 0.1) is 34.7 Å². The van der Waals surface area contributed by atoms with Crippen LogP contribution in [0.3, 0.4) is 0 Å². The highest BCUT2D eigenvalue weighted by atomic mass is 32.2. The molecule has 180 valence electrons. The second-order valence-electron chi connectivity index (χ2n) is 7.52. The molecule has 0 unspecified atom stereocenters. The molecule has 3 aromatic carbocycles. The van der Waals surface area contributed by atoms with Gasteiger partial charge in [0, 0.05) is 5.56 Å². The van der Waals surface area contributed by atoms with Crippen LogP contribution in [0.4, 0.5) is 5.82 Å². The van der Waals surface area contributed by atoms with Gasteiger partial charge in [-0.05, 0) is 52.6 Å². The summed E-state index contributed by atoms with van der Waals surface area (Å²) < 4.78 is 31.8. The highest BCUT2D eigenvalue weighted by molar-refractivity contribution is 7.89. The summed E-state index contributed by atoms with van der Waals surface area (Å²) in [6.07, 6.45) is 0. The lowest BCUT2D eigenvalue weighted by atomic mass is 10.1. The van der Waals surface area contributed by atoms with Gasteiger partial charge in [-0.25, -0.2) is 13.2 Å². The van der Waals surface area contributed by atoms with Gasteiger partial charge in [-0.2, -0.15) is 4.68 Å². The summed E-state index contributed by atoms with van der Waals surface area (Å²) in [5.41, 5.74) is 1.69. The summed E-state index contributed by atoms with van der Waals surface area (Å²) >= 11 is 0. The lowest BCUT2D eigenvalue weighted by molar-refractivity contribution is -0.388. The maximum absolute atomic E-state index is 12.5. The third kappa shape index (κ3) is 4.83. The van der Waals surface area contributed by atoms with E-state index in [0.29, 0.717) is 27.8 Å². The number of ether oxygens (including phenoxy) is 1. The summed E-state index contributed by atoms with van der Waals surface area (Å²) in [6.45, 7) is 1.75. The van der Waals surface area contributed by atoms with Gasteiger partial charge < -0.3 is 19.7 Å². The van der Waals surface area contributed by atoms with Crippen LogP contribution in [0.1, 0.15) is 21.5 Å².